The van der Waals surface area contributed by atoms with Gasteiger partial charge in [0.05, 0.1) is 23.8 Å². The van der Waals surface area contributed by atoms with E-state index in [0.717, 1.165) is 44.6 Å². The van der Waals surface area contributed by atoms with Crippen molar-refractivity contribution < 1.29 is 14.6 Å². The fourth-order valence-electron chi connectivity index (χ4n) is 3.97. The van der Waals surface area contributed by atoms with Gasteiger partial charge >= 0.3 is 5.97 Å². The molecule has 0 aliphatic carbocycles. The average Bonchev–Trinajstić information content (AvgIpc) is 3.09. The minimum Gasteiger partial charge on any atom is -0.488 e. The van der Waals surface area contributed by atoms with Crippen LogP contribution in [0.5, 0.6) is 5.75 Å². The highest BCUT2D eigenvalue weighted by atomic mass is 16.5. The Morgan fingerprint density at radius 1 is 1.07 bits per heavy atom. The van der Waals surface area contributed by atoms with E-state index in [2.05, 4.69) is 33.8 Å². The smallest absolute Gasteiger partial charge is 0.307 e. The number of imidazole rings is 1. The van der Waals surface area contributed by atoms with Gasteiger partial charge in [0.1, 0.15) is 12.4 Å². The van der Waals surface area contributed by atoms with Crippen LogP contribution in [0.3, 0.4) is 0 Å². The van der Waals surface area contributed by atoms with E-state index in [1.165, 1.54) is 0 Å². The number of allylic oxidation sites excluding steroid dienone is 1. The molecule has 0 saturated heterocycles. The molecule has 148 valence electrons. The fraction of sp³-hybridized carbons (Fsp3) is 0.120. The summed E-state index contributed by atoms with van der Waals surface area (Å²) in [6.07, 6.45) is 4.00. The summed E-state index contributed by atoms with van der Waals surface area (Å²) in [5.74, 6) is -0.0811. The van der Waals surface area contributed by atoms with Crippen molar-refractivity contribution in [2.45, 2.75) is 19.6 Å². The fourth-order valence-corrected chi connectivity index (χ4v) is 3.97. The molecule has 5 rings (SSSR count). The van der Waals surface area contributed by atoms with Gasteiger partial charge in [-0.3, -0.25) is 4.79 Å². The molecule has 2 heterocycles. The summed E-state index contributed by atoms with van der Waals surface area (Å²) >= 11 is 0. The summed E-state index contributed by atoms with van der Waals surface area (Å²) in [7, 11) is 0. The third-order valence-electron chi connectivity index (χ3n) is 5.40. The first-order valence-corrected chi connectivity index (χ1v) is 9.85. The van der Waals surface area contributed by atoms with Gasteiger partial charge in [0.2, 0.25) is 0 Å². The number of carboxylic acids is 1. The van der Waals surface area contributed by atoms with E-state index in [9.17, 15) is 9.90 Å². The van der Waals surface area contributed by atoms with Crippen molar-refractivity contribution >= 4 is 22.6 Å². The molecule has 0 spiro atoms. The Kier molecular flexibility index (Phi) is 4.56. The third-order valence-corrected chi connectivity index (χ3v) is 5.40. The second-order valence-electron chi connectivity index (χ2n) is 7.35. The number of hydrogen-bond acceptors (Lipinski definition) is 3. The Balaban J connectivity index is 1.63. The van der Waals surface area contributed by atoms with Crippen molar-refractivity contribution in [3.8, 4) is 5.75 Å². The van der Waals surface area contributed by atoms with Gasteiger partial charge in [-0.2, -0.15) is 0 Å². The maximum absolute atomic E-state index is 11.2. The zero-order chi connectivity index (χ0) is 20.5. The van der Waals surface area contributed by atoms with Crippen molar-refractivity contribution in [3.63, 3.8) is 0 Å². The summed E-state index contributed by atoms with van der Waals surface area (Å²) in [5, 5.41) is 9.22. The van der Waals surface area contributed by atoms with E-state index in [4.69, 9.17) is 4.74 Å². The predicted octanol–water partition coefficient (Wildman–Crippen LogP) is 4.69. The molecule has 0 unspecified atom stereocenters. The molecule has 1 N–H and O–H groups in total. The topological polar surface area (TPSA) is 64.3 Å². The molecule has 0 bridgehead atoms. The van der Waals surface area contributed by atoms with Gasteiger partial charge in [0, 0.05) is 12.1 Å². The monoisotopic (exact) mass is 396 g/mol. The van der Waals surface area contributed by atoms with Gasteiger partial charge in [0.25, 0.3) is 0 Å². The van der Waals surface area contributed by atoms with E-state index in [0.29, 0.717) is 13.2 Å². The summed E-state index contributed by atoms with van der Waals surface area (Å²) in [5.41, 5.74) is 6.97. The van der Waals surface area contributed by atoms with Crippen molar-refractivity contribution in [2.75, 3.05) is 0 Å². The predicted molar refractivity (Wildman–Crippen MR) is 115 cm³/mol. The number of ether oxygens (including phenoxy) is 1. The number of aliphatic carboxylic acids is 1. The second kappa shape index (κ2) is 7.52. The number of para-hydroxylation sites is 2. The number of aromatic nitrogens is 2. The number of benzene rings is 3. The zero-order valence-corrected chi connectivity index (χ0v) is 16.3. The van der Waals surface area contributed by atoms with E-state index in [-0.39, 0.29) is 6.42 Å². The lowest BCUT2D eigenvalue weighted by Crippen LogP contribution is -2.02. The van der Waals surface area contributed by atoms with Crippen LogP contribution in [-0.4, -0.2) is 20.6 Å². The first-order chi connectivity index (χ1) is 14.7. The summed E-state index contributed by atoms with van der Waals surface area (Å²) < 4.78 is 8.17. The van der Waals surface area contributed by atoms with Crippen LogP contribution < -0.4 is 4.74 Å². The molecule has 1 aromatic heterocycles. The first kappa shape index (κ1) is 18.2. The number of hydrogen-bond donors (Lipinski definition) is 1. The van der Waals surface area contributed by atoms with Crippen LogP contribution >= 0.6 is 0 Å². The van der Waals surface area contributed by atoms with Crippen LogP contribution in [-0.2, 0) is 24.4 Å². The van der Waals surface area contributed by atoms with Gasteiger partial charge in [-0.05, 0) is 46.5 Å². The van der Waals surface area contributed by atoms with E-state index >= 15 is 0 Å². The van der Waals surface area contributed by atoms with Crippen LogP contribution in [0, 0.1) is 0 Å². The normalized spacial score (nSPS) is 14.1. The Morgan fingerprint density at radius 3 is 2.80 bits per heavy atom. The summed E-state index contributed by atoms with van der Waals surface area (Å²) in [6.45, 7) is 1.12. The van der Waals surface area contributed by atoms with Crippen molar-refractivity contribution in [1.29, 1.82) is 0 Å². The quantitative estimate of drug-likeness (QED) is 0.544. The van der Waals surface area contributed by atoms with E-state index < -0.39 is 5.97 Å². The second-order valence-corrected chi connectivity index (χ2v) is 7.35. The maximum Gasteiger partial charge on any atom is 0.307 e. The van der Waals surface area contributed by atoms with Crippen LogP contribution in [0.1, 0.15) is 22.3 Å². The molecular weight excluding hydrogens is 376 g/mol. The molecule has 5 heteroatoms. The lowest BCUT2D eigenvalue weighted by molar-refractivity contribution is -0.136. The van der Waals surface area contributed by atoms with Crippen LogP contribution in [0.15, 0.2) is 79.1 Å². The molecule has 5 nitrogen and oxygen atoms in total. The van der Waals surface area contributed by atoms with Crippen LogP contribution in [0.2, 0.25) is 0 Å². The summed E-state index contributed by atoms with van der Waals surface area (Å²) in [6, 6.07) is 21.9. The van der Waals surface area contributed by atoms with E-state index in [1.54, 1.807) is 0 Å². The molecule has 4 aromatic rings. The Bertz CT molecular complexity index is 1290. The highest BCUT2D eigenvalue weighted by Crippen LogP contribution is 2.37. The van der Waals surface area contributed by atoms with Crippen LogP contribution in [0.4, 0.5) is 0 Å². The molecule has 0 fully saturated rings. The lowest BCUT2D eigenvalue weighted by Gasteiger charge is -2.12. The van der Waals surface area contributed by atoms with Crippen molar-refractivity contribution in [3.05, 3.63) is 101 Å². The molecule has 1 aliphatic heterocycles. The first-order valence-electron chi connectivity index (χ1n) is 9.85. The van der Waals surface area contributed by atoms with Gasteiger partial charge in [0.15, 0.2) is 0 Å². The SMILES string of the molecule is O=C(O)Cc1ccc2c(c1)/C(=C/Cn1cnc3ccccc31)c1ccccc1CO2. The van der Waals surface area contributed by atoms with Crippen molar-refractivity contribution in [1.82, 2.24) is 9.55 Å². The largest absolute Gasteiger partial charge is 0.488 e. The molecule has 0 atom stereocenters. The van der Waals surface area contributed by atoms with Crippen LogP contribution in [0.25, 0.3) is 16.6 Å². The number of nitrogens with zero attached hydrogens (tertiary/aromatic N) is 2. The Labute approximate surface area is 173 Å². The molecule has 1 aliphatic rings. The minimum absolute atomic E-state index is 0.0195. The van der Waals surface area contributed by atoms with Gasteiger partial charge in [-0.25, -0.2) is 4.98 Å². The Morgan fingerprint density at radius 2 is 1.90 bits per heavy atom. The number of carbonyl (C=O) groups is 1. The standard InChI is InChI=1S/C25H20N2O3/c28-25(29)14-17-9-10-24-21(13-17)20(19-6-2-1-5-18(19)15-30-24)11-12-27-16-26-22-7-3-4-8-23(22)27/h1-11,13,16H,12,14-15H2,(H,28,29)/b20-11+. The molecule has 0 amide bonds. The zero-order valence-electron chi connectivity index (χ0n) is 16.3. The number of carboxylic acid groups (broad SMARTS) is 1. The number of rotatable bonds is 4. The molecular formula is C25H20N2O3. The molecule has 0 radical (unpaired) electrons. The number of fused-ring (bicyclic) bond motifs is 3. The molecule has 30 heavy (non-hydrogen) atoms. The highest BCUT2D eigenvalue weighted by Gasteiger charge is 2.20. The van der Waals surface area contributed by atoms with E-state index in [1.807, 2.05) is 54.9 Å². The third kappa shape index (κ3) is 3.35. The lowest BCUT2D eigenvalue weighted by atomic mass is 9.92. The Hall–Kier alpha value is -3.86. The highest BCUT2D eigenvalue weighted by molar-refractivity contribution is 5.86. The van der Waals surface area contributed by atoms with Gasteiger partial charge in [-0.1, -0.05) is 48.5 Å². The minimum atomic E-state index is -0.847. The molecule has 3 aromatic carbocycles. The molecule has 0 saturated carbocycles. The van der Waals surface area contributed by atoms with Crippen molar-refractivity contribution in [2.24, 2.45) is 0 Å². The average molecular weight is 396 g/mol. The summed E-state index contributed by atoms with van der Waals surface area (Å²) in [4.78, 5) is 15.7. The van der Waals surface area contributed by atoms with Gasteiger partial charge in [-0.15, -0.1) is 0 Å². The van der Waals surface area contributed by atoms with Gasteiger partial charge < -0.3 is 14.4 Å². The maximum atomic E-state index is 11.2.